The van der Waals surface area contributed by atoms with Crippen molar-refractivity contribution in [3.8, 4) is 11.6 Å². The molecule has 122 valence electrons. The van der Waals surface area contributed by atoms with E-state index in [0.29, 0.717) is 29.3 Å². The van der Waals surface area contributed by atoms with Crippen molar-refractivity contribution in [2.75, 3.05) is 6.61 Å². The highest BCUT2D eigenvalue weighted by Crippen LogP contribution is 2.21. The molecule has 0 amide bonds. The van der Waals surface area contributed by atoms with Crippen LogP contribution < -0.4 is 4.74 Å². The van der Waals surface area contributed by atoms with Crippen LogP contribution in [-0.2, 0) is 4.84 Å². The molecule has 0 bridgehead atoms. The van der Waals surface area contributed by atoms with E-state index in [4.69, 9.17) is 9.57 Å². The van der Waals surface area contributed by atoms with Gasteiger partial charge in [-0.05, 0) is 17.3 Å². The number of hydrogen-bond donors (Lipinski definition) is 0. The third-order valence-corrected chi connectivity index (χ3v) is 3.51. The minimum atomic E-state index is -0.414. The van der Waals surface area contributed by atoms with Gasteiger partial charge in [0, 0.05) is 18.1 Å². The van der Waals surface area contributed by atoms with Gasteiger partial charge in [-0.2, -0.15) is 5.10 Å². The summed E-state index contributed by atoms with van der Waals surface area (Å²) in [4.78, 5) is 9.12. The molecule has 1 aliphatic rings. The minimum absolute atomic E-state index is 0.255. The lowest BCUT2D eigenvalue weighted by molar-refractivity contribution is 0.0446. The van der Waals surface area contributed by atoms with Gasteiger partial charge in [0.2, 0.25) is 0 Å². The summed E-state index contributed by atoms with van der Waals surface area (Å²) in [6.07, 6.45) is 4.47. The van der Waals surface area contributed by atoms with Crippen molar-refractivity contribution in [3.05, 3.63) is 54.6 Å². The summed E-state index contributed by atoms with van der Waals surface area (Å²) in [6.45, 7) is 0.277. The Morgan fingerprint density at radius 2 is 2.29 bits per heavy atom. The van der Waals surface area contributed by atoms with Gasteiger partial charge in [-0.15, -0.1) is 0 Å². The summed E-state index contributed by atoms with van der Waals surface area (Å²) in [6, 6.07) is 6.40. The van der Waals surface area contributed by atoms with Crippen LogP contribution in [0.2, 0.25) is 0 Å². The number of rotatable bonds is 5. The standard InChI is InChI=1S/C15H12FN5O3/c16-12-5-10(1-2-14(12)21-9-17-8-18-21)13-6-11(24-19-13)7-22-15-3-4-23-20-15/h1-5,8-9,11H,6-7H2. The van der Waals surface area contributed by atoms with Crippen LogP contribution in [0.15, 0.2) is 52.9 Å². The molecule has 9 heteroatoms. The molecule has 24 heavy (non-hydrogen) atoms. The lowest BCUT2D eigenvalue weighted by Gasteiger charge is -2.08. The minimum Gasteiger partial charge on any atom is -0.471 e. The van der Waals surface area contributed by atoms with Crippen LogP contribution in [0.4, 0.5) is 4.39 Å². The first-order valence-corrected chi connectivity index (χ1v) is 7.20. The Balaban J connectivity index is 1.42. The second-order valence-corrected chi connectivity index (χ2v) is 5.12. The maximum atomic E-state index is 14.3. The van der Waals surface area contributed by atoms with Crippen molar-refractivity contribution in [2.24, 2.45) is 5.16 Å². The van der Waals surface area contributed by atoms with E-state index in [9.17, 15) is 4.39 Å². The first kappa shape index (κ1) is 14.4. The van der Waals surface area contributed by atoms with Crippen molar-refractivity contribution in [3.63, 3.8) is 0 Å². The molecule has 1 atom stereocenters. The van der Waals surface area contributed by atoms with Crippen molar-refractivity contribution < 1.29 is 18.5 Å². The summed E-state index contributed by atoms with van der Waals surface area (Å²) in [5, 5.41) is 11.6. The van der Waals surface area contributed by atoms with Gasteiger partial charge in [0.05, 0.1) is 5.71 Å². The first-order valence-electron chi connectivity index (χ1n) is 7.20. The Labute approximate surface area is 135 Å². The quantitative estimate of drug-likeness (QED) is 0.711. The van der Waals surface area contributed by atoms with Gasteiger partial charge >= 0.3 is 0 Å². The molecule has 0 saturated carbocycles. The Morgan fingerprint density at radius 1 is 1.33 bits per heavy atom. The molecule has 1 aliphatic heterocycles. The number of nitrogens with zero attached hydrogens (tertiary/aromatic N) is 5. The molecule has 0 N–H and O–H groups in total. The van der Waals surface area contributed by atoms with Gasteiger partial charge in [0.25, 0.3) is 5.88 Å². The van der Waals surface area contributed by atoms with Crippen molar-refractivity contribution in [1.82, 2.24) is 19.9 Å². The highest BCUT2D eigenvalue weighted by atomic mass is 19.1. The van der Waals surface area contributed by atoms with Crippen LogP contribution in [-0.4, -0.2) is 38.3 Å². The smallest absolute Gasteiger partial charge is 0.254 e. The summed E-state index contributed by atoms with van der Waals surface area (Å²) in [5.74, 6) is -0.0294. The van der Waals surface area contributed by atoms with E-state index in [-0.39, 0.29) is 12.7 Å². The molecule has 0 saturated heterocycles. The number of aromatic nitrogens is 4. The van der Waals surface area contributed by atoms with Crippen LogP contribution in [0.3, 0.4) is 0 Å². The van der Waals surface area contributed by atoms with Crippen LogP contribution >= 0.6 is 0 Å². The molecule has 4 rings (SSSR count). The molecule has 0 fully saturated rings. The van der Waals surface area contributed by atoms with Crippen molar-refractivity contribution in [1.29, 1.82) is 0 Å². The molecular weight excluding hydrogens is 317 g/mol. The van der Waals surface area contributed by atoms with Gasteiger partial charge in [-0.1, -0.05) is 11.2 Å². The van der Waals surface area contributed by atoms with E-state index in [1.807, 2.05) is 0 Å². The average molecular weight is 329 g/mol. The fourth-order valence-electron chi connectivity index (χ4n) is 2.35. The third kappa shape index (κ3) is 2.83. The Morgan fingerprint density at radius 3 is 3.04 bits per heavy atom. The Kier molecular flexibility index (Phi) is 3.66. The van der Waals surface area contributed by atoms with Crippen LogP contribution in [0.1, 0.15) is 12.0 Å². The first-order chi connectivity index (χ1) is 11.8. The average Bonchev–Trinajstić information content (AvgIpc) is 3.34. The maximum absolute atomic E-state index is 14.3. The van der Waals surface area contributed by atoms with Crippen molar-refractivity contribution >= 4 is 5.71 Å². The molecule has 0 aliphatic carbocycles. The topological polar surface area (TPSA) is 87.6 Å². The van der Waals surface area contributed by atoms with E-state index in [1.165, 1.54) is 29.7 Å². The molecular formula is C15H12FN5O3. The van der Waals surface area contributed by atoms with Gasteiger partial charge < -0.3 is 14.1 Å². The lowest BCUT2D eigenvalue weighted by atomic mass is 10.0. The predicted octanol–water partition coefficient (Wildman–Crippen LogP) is 1.97. The van der Waals surface area contributed by atoms with Gasteiger partial charge in [0.1, 0.15) is 37.0 Å². The Bertz CT molecular complexity index is 848. The number of hydrogen-bond acceptors (Lipinski definition) is 7. The van der Waals surface area contributed by atoms with Crippen LogP contribution in [0.25, 0.3) is 5.69 Å². The molecule has 0 spiro atoms. The molecule has 8 nitrogen and oxygen atoms in total. The SMILES string of the molecule is Fc1cc(C2=NOC(COc3ccon3)C2)ccc1-n1cncn1. The zero-order chi connectivity index (χ0) is 16.4. The van der Waals surface area contributed by atoms with E-state index in [2.05, 4.69) is 24.9 Å². The van der Waals surface area contributed by atoms with Gasteiger partial charge in [0.15, 0.2) is 6.10 Å². The molecule has 1 aromatic carbocycles. The lowest BCUT2D eigenvalue weighted by Crippen LogP contribution is -2.18. The van der Waals surface area contributed by atoms with E-state index in [1.54, 1.807) is 18.2 Å². The number of benzene rings is 1. The van der Waals surface area contributed by atoms with Gasteiger partial charge in [-0.3, -0.25) is 0 Å². The number of oxime groups is 1. The summed E-state index contributed by atoms with van der Waals surface area (Å²) in [7, 11) is 0. The molecule has 3 heterocycles. The van der Waals surface area contributed by atoms with Crippen LogP contribution in [0, 0.1) is 5.82 Å². The second kappa shape index (κ2) is 6.11. The normalized spacial score (nSPS) is 16.7. The monoisotopic (exact) mass is 329 g/mol. The van der Waals surface area contributed by atoms with E-state index in [0.717, 1.165) is 0 Å². The highest BCUT2D eigenvalue weighted by Gasteiger charge is 2.24. The summed E-state index contributed by atoms with van der Waals surface area (Å²) in [5.41, 5.74) is 1.63. The maximum Gasteiger partial charge on any atom is 0.254 e. The molecule has 0 radical (unpaired) electrons. The molecule has 1 unspecified atom stereocenters. The summed E-state index contributed by atoms with van der Waals surface area (Å²) < 4.78 is 25.7. The van der Waals surface area contributed by atoms with E-state index < -0.39 is 5.82 Å². The third-order valence-electron chi connectivity index (χ3n) is 3.51. The predicted molar refractivity (Wildman–Crippen MR) is 79.3 cm³/mol. The molecule has 3 aromatic rings. The number of halogens is 1. The zero-order valence-electron chi connectivity index (χ0n) is 12.4. The van der Waals surface area contributed by atoms with E-state index >= 15 is 0 Å². The number of ether oxygens (including phenoxy) is 1. The fraction of sp³-hybridized carbons (Fsp3) is 0.200. The fourth-order valence-corrected chi connectivity index (χ4v) is 2.35. The molecule has 2 aromatic heterocycles. The largest absolute Gasteiger partial charge is 0.471 e. The Hall–Kier alpha value is -3.23. The zero-order valence-corrected chi connectivity index (χ0v) is 12.4. The van der Waals surface area contributed by atoms with Gasteiger partial charge in [-0.25, -0.2) is 14.1 Å². The van der Waals surface area contributed by atoms with Crippen LogP contribution in [0.5, 0.6) is 5.88 Å². The highest BCUT2D eigenvalue weighted by molar-refractivity contribution is 6.01. The second-order valence-electron chi connectivity index (χ2n) is 5.12. The summed E-state index contributed by atoms with van der Waals surface area (Å²) >= 11 is 0. The van der Waals surface area contributed by atoms with Crippen molar-refractivity contribution in [2.45, 2.75) is 12.5 Å².